The van der Waals surface area contributed by atoms with Crippen molar-refractivity contribution in [2.24, 2.45) is 0 Å². The van der Waals surface area contributed by atoms with E-state index in [1.807, 2.05) is 0 Å². The van der Waals surface area contributed by atoms with Crippen LogP contribution in [0, 0.1) is 0 Å². The lowest BCUT2D eigenvalue weighted by atomic mass is 10.1. The van der Waals surface area contributed by atoms with Gasteiger partial charge in [0.05, 0.1) is 24.8 Å². The molecule has 0 spiro atoms. The van der Waals surface area contributed by atoms with Gasteiger partial charge in [0.15, 0.2) is 0 Å². The van der Waals surface area contributed by atoms with E-state index in [1.54, 1.807) is 25.2 Å². The van der Waals surface area contributed by atoms with Crippen molar-refractivity contribution in [3.05, 3.63) is 28.8 Å². The summed E-state index contributed by atoms with van der Waals surface area (Å²) in [5.41, 5.74) is 0.774. The van der Waals surface area contributed by atoms with Crippen LogP contribution in [0.1, 0.15) is 18.5 Å². The molecule has 0 radical (unpaired) electrons. The number of hydrogen-bond acceptors (Lipinski definition) is 3. The van der Waals surface area contributed by atoms with Crippen molar-refractivity contribution >= 4 is 17.5 Å². The van der Waals surface area contributed by atoms with Crippen LogP contribution in [0.15, 0.2) is 18.2 Å². The van der Waals surface area contributed by atoms with Gasteiger partial charge in [-0.05, 0) is 17.7 Å². The second-order valence-electron chi connectivity index (χ2n) is 3.72. The minimum atomic E-state index is -0.393. The van der Waals surface area contributed by atoms with E-state index in [0.29, 0.717) is 10.8 Å². The number of aliphatic hydroxyl groups excluding tert-OH is 1. The average molecular weight is 258 g/mol. The molecule has 0 aliphatic carbocycles. The van der Waals surface area contributed by atoms with Crippen LogP contribution in [0.2, 0.25) is 5.02 Å². The zero-order valence-corrected chi connectivity index (χ0v) is 10.9. The summed E-state index contributed by atoms with van der Waals surface area (Å²) in [6, 6.07) is 4.80. The number of ether oxygens (including phenoxy) is 1. The maximum absolute atomic E-state index is 11.3. The average Bonchev–Trinajstić information content (AvgIpc) is 2.30. The molecule has 0 saturated carbocycles. The third-order valence-electron chi connectivity index (χ3n) is 2.70. The molecular weight excluding hydrogens is 242 g/mol. The van der Waals surface area contributed by atoms with Gasteiger partial charge >= 0.3 is 0 Å². The number of aliphatic hydroxyl groups is 1. The minimum absolute atomic E-state index is 0.115. The fraction of sp³-hybridized carbons (Fsp3) is 0.417. The molecule has 0 aliphatic heterocycles. The van der Waals surface area contributed by atoms with E-state index in [4.69, 9.17) is 16.3 Å². The van der Waals surface area contributed by atoms with Crippen LogP contribution >= 0.6 is 11.6 Å². The summed E-state index contributed by atoms with van der Waals surface area (Å²) >= 11 is 6.00. The topological polar surface area (TPSA) is 49.8 Å². The molecule has 1 unspecified atom stereocenters. The van der Waals surface area contributed by atoms with Crippen molar-refractivity contribution in [1.29, 1.82) is 0 Å². The van der Waals surface area contributed by atoms with E-state index in [0.717, 1.165) is 5.56 Å². The van der Waals surface area contributed by atoms with Crippen LogP contribution in [-0.4, -0.2) is 36.7 Å². The van der Waals surface area contributed by atoms with Gasteiger partial charge in [0, 0.05) is 14.0 Å². The van der Waals surface area contributed by atoms with Gasteiger partial charge in [-0.15, -0.1) is 0 Å². The maximum Gasteiger partial charge on any atom is 0.219 e. The highest BCUT2D eigenvalue weighted by molar-refractivity contribution is 6.32. The molecule has 5 heteroatoms. The van der Waals surface area contributed by atoms with Crippen LogP contribution in [0.4, 0.5) is 0 Å². The zero-order chi connectivity index (χ0) is 13.0. The number of hydrogen-bond donors (Lipinski definition) is 1. The number of amides is 1. The van der Waals surface area contributed by atoms with Gasteiger partial charge in [-0.2, -0.15) is 0 Å². The van der Waals surface area contributed by atoms with E-state index in [2.05, 4.69) is 0 Å². The largest absolute Gasteiger partial charge is 0.495 e. The molecule has 0 aromatic heterocycles. The van der Waals surface area contributed by atoms with Crippen molar-refractivity contribution in [2.75, 3.05) is 20.8 Å². The third kappa shape index (κ3) is 3.11. The van der Waals surface area contributed by atoms with Crippen LogP contribution in [0.25, 0.3) is 0 Å². The van der Waals surface area contributed by atoms with E-state index >= 15 is 0 Å². The Kier molecular flexibility index (Phi) is 4.78. The summed E-state index contributed by atoms with van der Waals surface area (Å²) in [5, 5.41) is 9.81. The third-order valence-corrected chi connectivity index (χ3v) is 2.99. The van der Waals surface area contributed by atoms with Crippen LogP contribution < -0.4 is 4.74 Å². The van der Waals surface area contributed by atoms with Gasteiger partial charge in [-0.3, -0.25) is 4.79 Å². The molecule has 0 saturated heterocycles. The number of carbonyl (C=O) groups excluding carboxylic acids is 1. The highest BCUT2D eigenvalue weighted by Crippen LogP contribution is 2.29. The van der Waals surface area contributed by atoms with Crippen LogP contribution in [0.3, 0.4) is 0 Å². The lowest BCUT2D eigenvalue weighted by Gasteiger charge is -2.26. The minimum Gasteiger partial charge on any atom is -0.495 e. The standard InChI is InChI=1S/C12H16ClNO3/c1-8(16)14(2)11(7-15)9-4-5-12(17-3)10(13)6-9/h4-6,11,15H,7H2,1-3H3. The monoisotopic (exact) mass is 257 g/mol. The van der Waals surface area contributed by atoms with Gasteiger partial charge in [0.25, 0.3) is 0 Å². The Morgan fingerprint density at radius 2 is 2.24 bits per heavy atom. The molecule has 17 heavy (non-hydrogen) atoms. The first kappa shape index (κ1) is 13.8. The predicted octanol–water partition coefficient (Wildman–Crippen LogP) is 1.86. The first-order valence-electron chi connectivity index (χ1n) is 5.19. The van der Waals surface area contributed by atoms with E-state index in [-0.39, 0.29) is 12.5 Å². The molecule has 1 aromatic carbocycles. The molecule has 4 nitrogen and oxygen atoms in total. The highest BCUT2D eigenvalue weighted by Gasteiger charge is 2.19. The fourth-order valence-electron chi connectivity index (χ4n) is 1.56. The predicted molar refractivity (Wildman–Crippen MR) is 66.3 cm³/mol. The van der Waals surface area contributed by atoms with Crippen LogP contribution in [0.5, 0.6) is 5.75 Å². The van der Waals surface area contributed by atoms with Crippen molar-refractivity contribution < 1.29 is 14.6 Å². The number of carbonyl (C=O) groups is 1. The molecule has 1 aromatic rings. The molecule has 0 fully saturated rings. The Balaban J connectivity index is 3.04. The van der Waals surface area contributed by atoms with Gasteiger partial charge in [0.2, 0.25) is 5.91 Å². The summed E-state index contributed by atoms with van der Waals surface area (Å²) in [4.78, 5) is 12.8. The Morgan fingerprint density at radius 1 is 1.59 bits per heavy atom. The second kappa shape index (κ2) is 5.89. The summed E-state index contributed by atoms with van der Waals surface area (Å²) in [5.74, 6) is 0.452. The van der Waals surface area contributed by atoms with Gasteiger partial charge < -0.3 is 14.7 Å². The fourth-order valence-corrected chi connectivity index (χ4v) is 1.83. The SMILES string of the molecule is COc1ccc(C(CO)N(C)C(C)=O)cc1Cl. The number of likely N-dealkylation sites (N-methyl/N-ethyl adjacent to an activating group) is 1. The van der Waals surface area contributed by atoms with E-state index < -0.39 is 6.04 Å². The van der Waals surface area contributed by atoms with Gasteiger partial charge in [0.1, 0.15) is 5.75 Å². The molecule has 94 valence electrons. The quantitative estimate of drug-likeness (QED) is 0.896. The first-order chi connectivity index (χ1) is 8.01. The molecule has 1 amide bonds. The Morgan fingerprint density at radius 3 is 2.65 bits per heavy atom. The summed E-state index contributed by atoms with van der Waals surface area (Å²) in [6.45, 7) is 1.30. The first-order valence-corrected chi connectivity index (χ1v) is 5.56. The molecule has 0 heterocycles. The Bertz CT molecular complexity index is 409. The number of halogens is 1. The number of nitrogens with zero attached hydrogens (tertiary/aromatic N) is 1. The highest BCUT2D eigenvalue weighted by atomic mass is 35.5. The number of benzene rings is 1. The molecule has 1 N–H and O–H groups in total. The van der Waals surface area contributed by atoms with E-state index in [1.165, 1.54) is 18.9 Å². The Hall–Kier alpha value is -1.26. The van der Waals surface area contributed by atoms with Gasteiger partial charge in [-0.1, -0.05) is 17.7 Å². The lowest BCUT2D eigenvalue weighted by Crippen LogP contribution is -2.31. The van der Waals surface area contributed by atoms with Crippen molar-refractivity contribution in [3.8, 4) is 5.75 Å². The van der Waals surface area contributed by atoms with Crippen molar-refractivity contribution in [3.63, 3.8) is 0 Å². The van der Waals surface area contributed by atoms with Crippen molar-refractivity contribution in [2.45, 2.75) is 13.0 Å². The molecule has 0 aliphatic rings. The second-order valence-corrected chi connectivity index (χ2v) is 4.13. The maximum atomic E-state index is 11.3. The molecular formula is C12H16ClNO3. The molecule has 1 rings (SSSR count). The summed E-state index contributed by atoms with van der Waals surface area (Å²) in [6.07, 6.45) is 0. The summed E-state index contributed by atoms with van der Waals surface area (Å²) < 4.78 is 5.05. The zero-order valence-electron chi connectivity index (χ0n) is 10.1. The smallest absolute Gasteiger partial charge is 0.219 e. The number of rotatable bonds is 4. The Labute approximate surface area is 106 Å². The lowest BCUT2D eigenvalue weighted by molar-refractivity contribution is -0.130. The summed E-state index contributed by atoms with van der Waals surface area (Å²) in [7, 11) is 3.17. The molecule has 0 bridgehead atoms. The number of methoxy groups -OCH3 is 1. The van der Waals surface area contributed by atoms with Gasteiger partial charge in [-0.25, -0.2) is 0 Å². The molecule has 1 atom stereocenters. The normalized spacial score (nSPS) is 12.1. The van der Waals surface area contributed by atoms with Crippen molar-refractivity contribution in [1.82, 2.24) is 4.90 Å². The van der Waals surface area contributed by atoms with Crippen LogP contribution in [-0.2, 0) is 4.79 Å². The van der Waals surface area contributed by atoms with E-state index in [9.17, 15) is 9.90 Å².